The molecular formula is C31H34N8O4. The van der Waals surface area contributed by atoms with Crippen molar-refractivity contribution in [2.75, 3.05) is 48.8 Å². The van der Waals surface area contributed by atoms with Crippen LogP contribution in [0.4, 0.5) is 22.0 Å². The third-order valence-electron chi connectivity index (χ3n) is 7.02. The summed E-state index contributed by atoms with van der Waals surface area (Å²) in [4.78, 5) is 40.4. The van der Waals surface area contributed by atoms with E-state index in [1.807, 2.05) is 60.7 Å². The Hall–Kier alpha value is -5.07. The Labute approximate surface area is 249 Å². The van der Waals surface area contributed by atoms with Crippen LogP contribution in [0.15, 0.2) is 79.3 Å². The van der Waals surface area contributed by atoms with Crippen molar-refractivity contribution in [1.29, 1.82) is 0 Å². The lowest BCUT2D eigenvalue weighted by molar-refractivity contribution is 0.0963. The quantitative estimate of drug-likeness (QED) is 0.218. The highest BCUT2D eigenvalue weighted by atomic mass is 16.5. The molecule has 1 aliphatic rings. The highest BCUT2D eigenvalue weighted by Gasteiger charge is 2.25. The lowest BCUT2D eigenvalue weighted by atomic mass is 10.1. The fourth-order valence-corrected chi connectivity index (χ4v) is 4.71. The molecule has 12 nitrogen and oxygen atoms in total. The minimum atomic E-state index is -0.500. The van der Waals surface area contributed by atoms with E-state index in [4.69, 9.17) is 20.9 Å². The van der Waals surface area contributed by atoms with Crippen LogP contribution < -0.4 is 27.0 Å². The van der Waals surface area contributed by atoms with Gasteiger partial charge in [-0.2, -0.15) is 0 Å². The molecule has 1 saturated heterocycles. The number of anilines is 3. The number of pyridine rings is 1. The Bertz CT molecular complexity index is 1530. The molecule has 0 bridgehead atoms. The lowest BCUT2D eigenvalue weighted by Gasteiger charge is -2.37. The van der Waals surface area contributed by atoms with E-state index >= 15 is 0 Å². The van der Waals surface area contributed by atoms with Crippen LogP contribution in [0.25, 0.3) is 11.3 Å². The average molecular weight is 583 g/mol. The number of benzene rings is 2. The van der Waals surface area contributed by atoms with Crippen molar-refractivity contribution < 1.29 is 19.1 Å². The summed E-state index contributed by atoms with van der Waals surface area (Å²) in [5.74, 6) is -0.486. The lowest BCUT2D eigenvalue weighted by Crippen LogP contribution is -2.49. The van der Waals surface area contributed by atoms with E-state index < -0.39 is 12.0 Å². The number of aromatic nitrogens is 3. The van der Waals surface area contributed by atoms with Crippen LogP contribution in [0.1, 0.15) is 21.6 Å². The summed E-state index contributed by atoms with van der Waals surface area (Å²) >= 11 is 0. The van der Waals surface area contributed by atoms with Crippen LogP contribution in [0.3, 0.4) is 0 Å². The van der Waals surface area contributed by atoms with E-state index in [1.165, 1.54) is 6.20 Å². The van der Waals surface area contributed by atoms with E-state index in [1.54, 1.807) is 12.4 Å². The molecule has 3 heterocycles. The number of ether oxygens (including phenoxy) is 2. The van der Waals surface area contributed by atoms with Crippen LogP contribution in [-0.2, 0) is 22.5 Å². The van der Waals surface area contributed by atoms with Crippen LogP contribution >= 0.6 is 0 Å². The predicted octanol–water partition coefficient (Wildman–Crippen LogP) is 3.01. The SMILES string of the molecule is NCC1COCCN1c1ccncc1NC(=O)c1nc(-c2ccc(CCNC(=O)OCc3ccccc3)cc2)cnc1N. The number of amides is 2. The number of hydrogen-bond acceptors (Lipinski definition) is 10. The fourth-order valence-electron chi connectivity index (χ4n) is 4.71. The zero-order valence-electron chi connectivity index (χ0n) is 23.6. The van der Waals surface area contributed by atoms with Gasteiger partial charge in [0.05, 0.1) is 48.7 Å². The molecule has 1 unspecified atom stereocenters. The molecule has 2 aromatic carbocycles. The molecule has 0 radical (unpaired) electrons. The second-order valence-electron chi connectivity index (χ2n) is 9.93. The Morgan fingerprint density at radius 1 is 1.05 bits per heavy atom. The van der Waals surface area contributed by atoms with Gasteiger partial charge in [0.2, 0.25) is 0 Å². The zero-order valence-corrected chi connectivity index (χ0v) is 23.6. The number of nitrogen functional groups attached to an aromatic ring is 1. The second kappa shape index (κ2) is 14.2. The van der Waals surface area contributed by atoms with Crippen LogP contribution in [0.5, 0.6) is 0 Å². The first-order valence-corrected chi connectivity index (χ1v) is 14.0. The second-order valence-corrected chi connectivity index (χ2v) is 9.93. The monoisotopic (exact) mass is 582 g/mol. The van der Waals surface area contributed by atoms with Crippen molar-refractivity contribution in [3.63, 3.8) is 0 Å². The van der Waals surface area contributed by atoms with Gasteiger partial charge >= 0.3 is 6.09 Å². The molecule has 6 N–H and O–H groups in total. The Morgan fingerprint density at radius 2 is 1.86 bits per heavy atom. The van der Waals surface area contributed by atoms with Gasteiger partial charge in [-0.1, -0.05) is 54.6 Å². The summed E-state index contributed by atoms with van der Waals surface area (Å²) in [7, 11) is 0. The molecule has 0 saturated carbocycles. The molecule has 43 heavy (non-hydrogen) atoms. The van der Waals surface area contributed by atoms with Gasteiger partial charge in [0.1, 0.15) is 6.61 Å². The molecule has 2 aromatic heterocycles. The third-order valence-corrected chi connectivity index (χ3v) is 7.02. The highest BCUT2D eigenvalue weighted by Crippen LogP contribution is 2.28. The van der Waals surface area contributed by atoms with E-state index in [0.29, 0.717) is 50.7 Å². The van der Waals surface area contributed by atoms with E-state index in [0.717, 1.165) is 22.4 Å². The predicted molar refractivity (Wildman–Crippen MR) is 163 cm³/mol. The van der Waals surface area contributed by atoms with Gasteiger partial charge in [-0.05, 0) is 23.6 Å². The number of carbonyl (C=O) groups is 2. The molecule has 12 heteroatoms. The number of hydrogen-bond donors (Lipinski definition) is 4. The van der Waals surface area contributed by atoms with Crippen molar-refractivity contribution in [1.82, 2.24) is 20.3 Å². The van der Waals surface area contributed by atoms with Gasteiger partial charge in [-0.15, -0.1) is 0 Å². The van der Waals surface area contributed by atoms with Gasteiger partial charge in [0.15, 0.2) is 11.5 Å². The number of nitrogens with one attached hydrogen (secondary N) is 2. The maximum Gasteiger partial charge on any atom is 0.407 e. The molecular weight excluding hydrogens is 548 g/mol. The molecule has 1 aliphatic heterocycles. The molecule has 0 spiro atoms. The molecule has 5 rings (SSSR count). The normalized spacial score (nSPS) is 14.6. The maximum atomic E-state index is 13.3. The summed E-state index contributed by atoms with van der Waals surface area (Å²) in [6.45, 7) is 2.75. The molecule has 4 aromatic rings. The van der Waals surface area contributed by atoms with E-state index in [9.17, 15) is 9.59 Å². The highest BCUT2D eigenvalue weighted by molar-refractivity contribution is 6.07. The number of nitrogens with two attached hydrogens (primary N) is 2. The van der Waals surface area contributed by atoms with Crippen LogP contribution in [-0.4, -0.2) is 65.8 Å². The van der Waals surface area contributed by atoms with E-state index in [2.05, 4.69) is 30.5 Å². The van der Waals surface area contributed by atoms with Crippen molar-refractivity contribution in [2.45, 2.75) is 19.1 Å². The first-order chi connectivity index (χ1) is 21.0. The van der Waals surface area contributed by atoms with Gasteiger partial charge in [0.25, 0.3) is 5.91 Å². The van der Waals surface area contributed by atoms with Crippen molar-refractivity contribution in [3.05, 3.63) is 96.1 Å². The van der Waals surface area contributed by atoms with Crippen molar-refractivity contribution in [2.24, 2.45) is 5.73 Å². The minimum Gasteiger partial charge on any atom is -0.445 e. The van der Waals surface area contributed by atoms with Crippen molar-refractivity contribution >= 4 is 29.2 Å². The van der Waals surface area contributed by atoms with Crippen molar-refractivity contribution in [3.8, 4) is 11.3 Å². The number of carbonyl (C=O) groups excluding carboxylic acids is 2. The van der Waals surface area contributed by atoms with Gasteiger partial charge in [0, 0.05) is 31.4 Å². The minimum absolute atomic E-state index is 0.00643. The van der Waals surface area contributed by atoms with Crippen LogP contribution in [0, 0.1) is 0 Å². The molecule has 1 atom stereocenters. The maximum absolute atomic E-state index is 13.3. The first-order valence-electron chi connectivity index (χ1n) is 14.0. The molecule has 2 amide bonds. The van der Waals surface area contributed by atoms with E-state index in [-0.39, 0.29) is 24.2 Å². The summed E-state index contributed by atoms with van der Waals surface area (Å²) in [6.07, 6.45) is 4.93. The Kier molecular flexibility index (Phi) is 9.72. The largest absolute Gasteiger partial charge is 0.445 e. The summed E-state index contributed by atoms with van der Waals surface area (Å²) in [5, 5.41) is 5.66. The van der Waals surface area contributed by atoms with Gasteiger partial charge in [-0.25, -0.2) is 14.8 Å². The Morgan fingerprint density at radius 3 is 2.65 bits per heavy atom. The first kappa shape index (κ1) is 29.4. The molecule has 222 valence electrons. The topological polar surface area (TPSA) is 171 Å². The van der Waals surface area contributed by atoms with Gasteiger partial charge in [-0.3, -0.25) is 9.78 Å². The standard InChI is InChI=1S/C31H34N8O4/c32-16-24-20-42-15-14-39(24)27-11-12-34-17-26(27)38-30(40)28-29(33)36-18-25(37-28)23-8-6-21(7-9-23)10-13-35-31(41)43-19-22-4-2-1-3-5-22/h1-9,11-12,17-18,24H,10,13-16,19-20,32H2,(H2,33,36)(H,35,41)(H,38,40). The fraction of sp³-hybridized carbons (Fsp3) is 0.258. The number of morpholine rings is 1. The summed E-state index contributed by atoms with van der Waals surface area (Å²) in [6, 6.07) is 19.0. The summed E-state index contributed by atoms with van der Waals surface area (Å²) < 4.78 is 10.8. The number of alkyl carbamates (subject to hydrolysis) is 1. The number of rotatable bonds is 10. The molecule has 0 aliphatic carbocycles. The average Bonchev–Trinajstić information content (AvgIpc) is 3.05. The molecule has 1 fully saturated rings. The smallest absolute Gasteiger partial charge is 0.407 e. The number of nitrogens with zero attached hydrogens (tertiary/aromatic N) is 4. The third kappa shape index (κ3) is 7.61. The zero-order chi connectivity index (χ0) is 30.0. The summed E-state index contributed by atoms with van der Waals surface area (Å²) in [5.41, 5.74) is 16.5. The Balaban J connectivity index is 1.20. The van der Waals surface area contributed by atoms with Crippen LogP contribution in [0.2, 0.25) is 0 Å². The van der Waals surface area contributed by atoms with Gasteiger partial charge < -0.3 is 36.5 Å².